The van der Waals surface area contributed by atoms with Gasteiger partial charge < -0.3 is 19.9 Å². The van der Waals surface area contributed by atoms with Crippen molar-refractivity contribution in [2.45, 2.75) is 38.8 Å². The molecule has 0 saturated carbocycles. The molecule has 0 spiro atoms. The summed E-state index contributed by atoms with van der Waals surface area (Å²) in [6.07, 6.45) is 1.53. The highest BCUT2D eigenvalue weighted by Gasteiger charge is 2.11. The van der Waals surface area contributed by atoms with E-state index in [4.69, 9.17) is 9.47 Å². The average molecular weight is 267 g/mol. The monoisotopic (exact) mass is 267 g/mol. The maximum Gasteiger partial charge on any atom is 0.161 e. The van der Waals surface area contributed by atoms with E-state index in [2.05, 4.69) is 19.2 Å². The van der Waals surface area contributed by atoms with E-state index < -0.39 is 0 Å². The highest BCUT2D eigenvalue weighted by atomic mass is 16.5. The third kappa shape index (κ3) is 4.73. The third-order valence-corrected chi connectivity index (χ3v) is 3.19. The molecule has 1 aromatic rings. The quantitative estimate of drug-likeness (QED) is 0.760. The van der Waals surface area contributed by atoms with Crippen LogP contribution in [0.15, 0.2) is 18.2 Å². The molecule has 2 unspecified atom stereocenters. The number of nitrogens with one attached hydrogen (secondary N) is 1. The number of hydrogen-bond acceptors (Lipinski definition) is 4. The molecule has 0 fully saturated rings. The van der Waals surface area contributed by atoms with Crippen molar-refractivity contribution in [2.24, 2.45) is 0 Å². The van der Waals surface area contributed by atoms with Crippen LogP contribution in [0.2, 0.25) is 0 Å². The van der Waals surface area contributed by atoms with E-state index in [-0.39, 0.29) is 12.1 Å². The van der Waals surface area contributed by atoms with Gasteiger partial charge in [-0.1, -0.05) is 19.4 Å². The van der Waals surface area contributed by atoms with Crippen LogP contribution in [0.1, 0.15) is 38.3 Å². The Morgan fingerprint density at radius 1 is 1.21 bits per heavy atom. The van der Waals surface area contributed by atoms with E-state index in [0.717, 1.165) is 29.9 Å². The Bertz CT molecular complexity index is 382. The van der Waals surface area contributed by atoms with Crippen LogP contribution in [0.4, 0.5) is 0 Å². The second kappa shape index (κ2) is 8.02. The second-order valence-electron chi connectivity index (χ2n) is 4.69. The molecule has 2 N–H and O–H groups in total. The summed E-state index contributed by atoms with van der Waals surface area (Å²) < 4.78 is 10.5. The van der Waals surface area contributed by atoms with Gasteiger partial charge in [-0.25, -0.2) is 0 Å². The van der Waals surface area contributed by atoms with Gasteiger partial charge in [0.15, 0.2) is 11.5 Å². The minimum Gasteiger partial charge on any atom is -0.493 e. The molecule has 108 valence electrons. The van der Waals surface area contributed by atoms with Crippen molar-refractivity contribution in [3.05, 3.63) is 23.8 Å². The van der Waals surface area contributed by atoms with Crippen molar-refractivity contribution < 1.29 is 14.6 Å². The molecule has 0 heterocycles. The second-order valence-corrected chi connectivity index (χ2v) is 4.69. The van der Waals surface area contributed by atoms with Gasteiger partial charge in [-0.05, 0) is 31.0 Å². The van der Waals surface area contributed by atoms with Crippen LogP contribution in [0, 0.1) is 0 Å². The van der Waals surface area contributed by atoms with Gasteiger partial charge in [0.1, 0.15) is 0 Å². The minimum atomic E-state index is -0.285. The van der Waals surface area contributed by atoms with E-state index in [9.17, 15) is 5.11 Å². The van der Waals surface area contributed by atoms with Crippen LogP contribution < -0.4 is 14.8 Å². The number of aliphatic hydroxyl groups is 1. The van der Waals surface area contributed by atoms with Crippen molar-refractivity contribution >= 4 is 0 Å². The number of rotatable bonds is 8. The number of benzene rings is 1. The molecule has 2 atom stereocenters. The molecule has 0 aliphatic rings. The molecule has 0 aromatic heterocycles. The third-order valence-electron chi connectivity index (χ3n) is 3.19. The van der Waals surface area contributed by atoms with E-state index >= 15 is 0 Å². The van der Waals surface area contributed by atoms with E-state index in [1.165, 1.54) is 0 Å². The van der Waals surface area contributed by atoms with Crippen molar-refractivity contribution in [1.29, 1.82) is 0 Å². The van der Waals surface area contributed by atoms with Gasteiger partial charge in [0.05, 0.1) is 20.3 Å². The van der Waals surface area contributed by atoms with Gasteiger partial charge in [-0.3, -0.25) is 0 Å². The molecule has 0 amide bonds. The maximum absolute atomic E-state index is 9.72. The summed E-state index contributed by atoms with van der Waals surface area (Å²) in [7, 11) is 3.26. The summed E-state index contributed by atoms with van der Waals surface area (Å²) in [6.45, 7) is 4.74. The lowest BCUT2D eigenvalue weighted by Crippen LogP contribution is -2.28. The summed E-state index contributed by atoms with van der Waals surface area (Å²) in [4.78, 5) is 0. The smallest absolute Gasteiger partial charge is 0.161 e. The molecule has 0 aliphatic heterocycles. The molecule has 1 aromatic carbocycles. The van der Waals surface area contributed by atoms with Crippen LogP contribution in [0.5, 0.6) is 11.5 Å². The molecule has 1 rings (SSSR count). The van der Waals surface area contributed by atoms with Crippen molar-refractivity contribution in [1.82, 2.24) is 5.32 Å². The minimum absolute atomic E-state index is 0.159. The predicted octanol–water partition coefficient (Wildman–Crippen LogP) is 2.52. The molecule has 0 bridgehead atoms. The number of methoxy groups -OCH3 is 2. The van der Waals surface area contributed by atoms with Crippen LogP contribution in [-0.2, 0) is 0 Å². The van der Waals surface area contributed by atoms with Crippen LogP contribution >= 0.6 is 0 Å². The highest BCUT2D eigenvalue weighted by molar-refractivity contribution is 5.43. The summed E-state index contributed by atoms with van der Waals surface area (Å²) >= 11 is 0. The highest BCUT2D eigenvalue weighted by Crippen LogP contribution is 2.29. The molecule has 0 aliphatic carbocycles. The van der Waals surface area contributed by atoms with Gasteiger partial charge in [0.2, 0.25) is 0 Å². The zero-order valence-electron chi connectivity index (χ0n) is 12.3. The summed E-state index contributed by atoms with van der Waals surface area (Å²) in [6, 6.07) is 6.02. The molecular weight excluding hydrogens is 242 g/mol. The van der Waals surface area contributed by atoms with Crippen LogP contribution in [-0.4, -0.2) is 32.0 Å². The topological polar surface area (TPSA) is 50.7 Å². The summed E-state index contributed by atoms with van der Waals surface area (Å²) in [5.41, 5.74) is 1.11. The van der Waals surface area contributed by atoms with Crippen molar-refractivity contribution in [2.75, 3.05) is 20.8 Å². The van der Waals surface area contributed by atoms with Gasteiger partial charge >= 0.3 is 0 Å². The first kappa shape index (κ1) is 15.8. The Kier molecular flexibility index (Phi) is 6.67. The van der Waals surface area contributed by atoms with E-state index in [1.807, 2.05) is 18.2 Å². The summed E-state index contributed by atoms with van der Waals surface area (Å²) in [5.74, 6) is 1.45. The molecule has 4 nitrogen and oxygen atoms in total. The lowest BCUT2D eigenvalue weighted by atomic mass is 10.1. The molecule has 0 saturated heterocycles. The Morgan fingerprint density at radius 3 is 2.47 bits per heavy atom. The number of hydrogen-bond donors (Lipinski definition) is 2. The molecular formula is C15H25NO3. The first-order valence-corrected chi connectivity index (χ1v) is 6.75. The fourth-order valence-corrected chi connectivity index (χ4v) is 1.99. The Hall–Kier alpha value is -1.26. The largest absolute Gasteiger partial charge is 0.493 e. The van der Waals surface area contributed by atoms with E-state index in [0.29, 0.717) is 6.54 Å². The molecule has 19 heavy (non-hydrogen) atoms. The fourth-order valence-electron chi connectivity index (χ4n) is 1.99. The lowest BCUT2D eigenvalue weighted by Gasteiger charge is -2.18. The lowest BCUT2D eigenvalue weighted by molar-refractivity contribution is 0.157. The zero-order chi connectivity index (χ0) is 14.3. The van der Waals surface area contributed by atoms with Gasteiger partial charge in [-0.2, -0.15) is 0 Å². The fraction of sp³-hybridized carbons (Fsp3) is 0.600. The summed E-state index contributed by atoms with van der Waals surface area (Å²) in [5, 5.41) is 13.0. The predicted molar refractivity (Wildman–Crippen MR) is 76.9 cm³/mol. The van der Waals surface area contributed by atoms with Gasteiger partial charge in [-0.15, -0.1) is 0 Å². The van der Waals surface area contributed by atoms with E-state index in [1.54, 1.807) is 14.2 Å². The van der Waals surface area contributed by atoms with Gasteiger partial charge in [0.25, 0.3) is 0 Å². The number of ether oxygens (including phenoxy) is 2. The maximum atomic E-state index is 9.72. The van der Waals surface area contributed by atoms with Crippen LogP contribution in [0.25, 0.3) is 0 Å². The normalized spacial score (nSPS) is 13.9. The molecule has 0 radical (unpaired) electrons. The Labute approximate surface area is 115 Å². The van der Waals surface area contributed by atoms with Crippen LogP contribution in [0.3, 0.4) is 0 Å². The standard InChI is InChI=1S/C15H25NO3/c1-5-6-13(17)10-16-11(2)12-7-8-14(18-3)15(9-12)19-4/h7-9,11,13,16-17H,5-6,10H2,1-4H3. The molecule has 4 heteroatoms. The zero-order valence-corrected chi connectivity index (χ0v) is 12.3. The first-order chi connectivity index (χ1) is 9.12. The average Bonchev–Trinajstić information content (AvgIpc) is 2.44. The number of aliphatic hydroxyl groups excluding tert-OH is 1. The van der Waals surface area contributed by atoms with Crippen molar-refractivity contribution in [3.63, 3.8) is 0 Å². The Morgan fingerprint density at radius 2 is 1.89 bits per heavy atom. The first-order valence-electron chi connectivity index (χ1n) is 6.75. The SMILES string of the molecule is CCCC(O)CNC(C)c1ccc(OC)c(OC)c1. The van der Waals surface area contributed by atoms with Crippen molar-refractivity contribution in [3.8, 4) is 11.5 Å². The van der Waals surface area contributed by atoms with Gasteiger partial charge in [0, 0.05) is 12.6 Å². The Balaban J connectivity index is 2.64.